The van der Waals surface area contributed by atoms with E-state index in [4.69, 9.17) is 9.72 Å². The average molecular weight is 841 g/mol. The average Bonchev–Trinajstić information content (AvgIpc) is 3.83. The molecule has 1 saturated heterocycles. The molecule has 61 heavy (non-hydrogen) atoms. The first-order valence-corrected chi connectivity index (χ1v) is 20.0. The molecular formula is C42H50F2N12O5. The highest BCUT2D eigenvalue weighted by Crippen LogP contribution is 2.36. The zero-order chi connectivity index (χ0) is 43.6. The van der Waals surface area contributed by atoms with Crippen molar-refractivity contribution in [3.63, 3.8) is 0 Å². The molecule has 322 valence electrons. The van der Waals surface area contributed by atoms with Crippen LogP contribution in [0, 0.1) is 0 Å². The van der Waals surface area contributed by atoms with Crippen LogP contribution in [0.25, 0.3) is 33.7 Å². The van der Waals surface area contributed by atoms with Crippen molar-refractivity contribution < 1.29 is 33.3 Å². The van der Waals surface area contributed by atoms with Gasteiger partial charge in [-0.05, 0) is 66.5 Å². The molecule has 19 heteroatoms. The lowest BCUT2D eigenvalue weighted by Gasteiger charge is -2.32. The molecule has 7 rings (SSSR count). The van der Waals surface area contributed by atoms with E-state index in [2.05, 4.69) is 46.2 Å². The summed E-state index contributed by atoms with van der Waals surface area (Å²) >= 11 is 0. The second-order valence-corrected chi connectivity index (χ2v) is 16.6. The third-order valence-corrected chi connectivity index (χ3v) is 10.4. The number of nitrogens with zero attached hydrogens (tertiary/aromatic N) is 8. The Hall–Kier alpha value is -6.18. The first kappa shape index (κ1) is 42.9. The van der Waals surface area contributed by atoms with Gasteiger partial charge in [0.2, 0.25) is 0 Å². The Morgan fingerprint density at radius 3 is 2.05 bits per heavy atom. The van der Waals surface area contributed by atoms with Crippen LogP contribution >= 0.6 is 0 Å². The molecule has 1 aliphatic rings. The highest BCUT2D eigenvalue weighted by molar-refractivity contribution is 6.00. The van der Waals surface area contributed by atoms with Crippen LogP contribution in [0.3, 0.4) is 0 Å². The molecule has 4 unspecified atom stereocenters. The van der Waals surface area contributed by atoms with Crippen molar-refractivity contribution in [1.29, 1.82) is 0 Å². The van der Waals surface area contributed by atoms with Crippen LogP contribution in [0.4, 0.5) is 20.2 Å². The molecule has 2 amide bonds. The van der Waals surface area contributed by atoms with Crippen LogP contribution in [-0.2, 0) is 4.74 Å². The van der Waals surface area contributed by atoms with Gasteiger partial charge in [0.15, 0.2) is 0 Å². The Labute approximate surface area is 350 Å². The van der Waals surface area contributed by atoms with Crippen molar-refractivity contribution in [1.82, 2.24) is 49.7 Å². The highest BCUT2D eigenvalue weighted by Gasteiger charge is 2.32. The van der Waals surface area contributed by atoms with Gasteiger partial charge in [0.05, 0.1) is 58.6 Å². The van der Waals surface area contributed by atoms with Crippen LogP contribution in [0.15, 0.2) is 67.9 Å². The Balaban J connectivity index is 1.21. The normalized spacial score (nSPS) is 17.0. The second kappa shape index (κ2) is 17.4. The molecule has 17 nitrogen and oxygen atoms in total. The molecule has 0 saturated carbocycles. The van der Waals surface area contributed by atoms with E-state index in [1.165, 1.54) is 52.7 Å². The molecule has 0 radical (unpaired) electrons. The van der Waals surface area contributed by atoms with E-state index in [-0.39, 0.29) is 23.2 Å². The zero-order valence-electron chi connectivity index (χ0n) is 34.7. The number of nitrogens with one attached hydrogen (secondary N) is 4. The van der Waals surface area contributed by atoms with Crippen molar-refractivity contribution in [2.45, 2.75) is 96.1 Å². The molecule has 0 aromatic carbocycles. The third kappa shape index (κ3) is 9.58. The van der Waals surface area contributed by atoms with E-state index in [0.29, 0.717) is 59.4 Å². The zero-order valence-corrected chi connectivity index (χ0v) is 34.7. The number of fused-ring (bicyclic) bond motifs is 2. The van der Waals surface area contributed by atoms with Gasteiger partial charge < -0.3 is 36.2 Å². The molecule has 0 bridgehead atoms. The molecule has 6 aromatic heterocycles. The van der Waals surface area contributed by atoms with Crippen LogP contribution in [-0.4, -0.2) is 116 Å². The summed E-state index contributed by atoms with van der Waals surface area (Å²) in [6.45, 7) is 8.72. The summed E-state index contributed by atoms with van der Waals surface area (Å²) in [7, 11) is 0. The van der Waals surface area contributed by atoms with Gasteiger partial charge in [0, 0.05) is 72.6 Å². The first-order chi connectivity index (χ1) is 29.0. The van der Waals surface area contributed by atoms with Gasteiger partial charge in [-0.3, -0.25) is 18.7 Å². The Bertz CT molecular complexity index is 2530. The highest BCUT2D eigenvalue weighted by atomic mass is 19.1. The molecule has 6 aromatic rings. The van der Waals surface area contributed by atoms with Gasteiger partial charge in [-0.1, -0.05) is 0 Å². The molecular weight excluding hydrogens is 791 g/mol. The van der Waals surface area contributed by atoms with Gasteiger partial charge in [-0.2, -0.15) is 0 Å². The van der Waals surface area contributed by atoms with E-state index in [9.17, 15) is 28.6 Å². The van der Waals surface area contributed by atoms with E-state index in [1.807, 2.05) is 30.5 Å². The minimum Gasteiger partial charge on any atom is -0.387 e. The molecule has 4 atom stereocenters. The third-order valence-electron chi connectivity index (χ3n) is 10.4. The number of hydrogen-bond acceptors (Lipinski definition) is 13. The van der Waals surface area contributed by atoms with Gasteiger partial charge >= 0.3 is 0 Å². The van der Waals surface area contributed by atoms with Crippen molar-refractivity contribution in [3.8, 4) is 11.6 Å². The predicted octanol–water partition coefficient (Wildman–Crippen LogP) is 4.77. The summed E-state index contributed by atoms with van der Waals surface area (Å²) in [5.74, 6) is -0.234. The number of pyridine rings is 2. The minimum atomic E-state index is -1.72. The maximum atomic E-state index is 14.7. The molecule has 0 aliphatic carbocycles. The molecule has 1 aliphatic heterocycles. The minimum absolute atomic E-state index is 0.0890. The number of hydrogen-bond donors (Lipinski definition) is 6. The fraction of sp³-hybridized carbons (Fsp3) is 0.429. The van der Waals surface area contributed by atoms with Gasteiger partial charge in [-0.25, -0.2) is 38.7 Å². The SMILES string of the molecule is CC(C)Nc1cc(-n2c(C3CC(Nc4cc(-n5ccc6cncnc65)ncc4C(=O)NCC(F)C(C)(C)O)CCO3)cc3cncnc32)ncc1C(=O)NCC(F)C(C)(C)O. The van der Waals surface area contributed by atoms with Crippen LogP contribution in [0.5, 0.6) is 0 Å². The number of aromatic nitrogens is 8. The lowest BCUT2D eigenvalue weighted by molar-refractivity contribution is -0.00209. The van der Waals surface area contributed by atoms with E-state index in [0.717, 1.165) is 10.8 Å². The largest absolute Gasteiger partial charge is 0.387 e. The van der Waals surface area contributed by atoms with Gasteiger partial charge in [-0.15, -0.1) is 0 Å². The number of aliphatic hydroxyl groups is 2. The summed E-state index contributed by atoms with van der Waals surface area (Å²) < 4.78 is 39.4. The monoisotopic (exact) mass is 840 g/mol. The van der Waals surface area contributed by atoms with Crippen molar-refractivity contribution in [3.05, 3.63) is 84.7 Å². The summed E-state index contributed by atoms with van der Waals surface area (Å²) in [6, 6.07) is 6.91. The number of amides is 2. The van der Waals surface area contributed by atoms with Gasteiger partial charge in [0.25, 0.3) is 11.8 Å². The van der Waals surface area contributed by atoms with E-state index >= 15 is 0 Å². The van der Waals surface area contributed by atoms with Crippen LogP contribution in [0.1, 0.15) is 86.9 Å². The number of carbonyl (C=O) groups is 2. The fourth-order valence-corrected chi connectivity index (χ4v) is 6.97. The maximum absolute atomic E-state index is 14.7. The lowest BCUT2D eigenvalue weighted by Crippen LogP contribution is -2.42. The van der Waals surface area contributed by atoms with Gasteiger partial charge in [0.1, 0.15) is 47.9 Å². The van der Waals surface area contributed by atoms with Crippen LogP contribution < -0.4 is 21.3 Å². The van der Waals surface area contributed by atoms with Crippen molar-refractivity contribution in [2.75, 3.05) is 30.3 Å². The summed E-state index contributed by atoms with van der Waals surface area (Å²) in [5.41, 5.74) is -0.172. The Morgan fingerprint density at radius 2 is 1.41 bits per heavy atom. The smallest absolute Gasteiger partial charge is 0.255 e. The maximum Gasteiger partial charge on any atom is 0.255 e. The molecule has 1 fully saturated rings. The topological polar surface area (TPSA) is 219 Å². The standard InChI is InChI=1S/C42H50F2N12O5/c1-23(2)53-29-14-36(48-18-27(29)39(57)49-19-33(43)41(3,4)59)56-31(11-25-16-46-22-52-38(25)56)32-12-26(8-10-61-32)54-30-13-35(55-9-7-24-15-45-21-51-37(24)55)47-17-28(30)40(58)50-20-34(44)42(5,6)60/h7,9,11,13-18,21-23,26,32-34,59-60H,8,10,12,19-20H2,1-6H3,(H,47,54)(H,48,53)(H,49,57)(H,50,58). The predicted molar refractivity (Wildman–Crippen MR) is 224 cm³/mol. The number of halogens is 2. The summed E-state index contributed by atoms with van der Waals surface area (Å²) in [5, 5.41) is 33.7. The second-order valence-electron chi connectivity index (χ2n) is 16.6. The summed E-state index contributed by atoms with van der Waals surface area (Å²) in [6.07, 6.45) is 7.96. The lowest BCUT2D eigenvalue weighted by atomic mass is 9.99. The number of rotatable bonds is 15. The van der Waals surface area contributed by atoms with Crippen molar-refractivity contribution >= 4 is 45.3 Å². The summed E-state index contributed by atoms with van der Waals surface area (Å²) in [4.78, 5) is 53.6. The molecule has 6 N–H and O–H groups in total. The van der Waals surface area contributed by atoms with Crippen LogP contribution in [0.2, 0.25) is 0 Å². The Kier molecular flexibility index (Phi) is 12.3. The molecule has 7 heterocycles. The van der Waals surface area contributed by atoms with Crippen molar-refractivity contribution in [2.24, 2.45) is 0 Å². The number of alkyl halides is 2. The molecule has 0 spiro atoms. The van der Waals surface area contributed by atoms with E-state index in [1.54, 1.807) is 35.3 Å². The fourth-order valence-electron chi connectivity index (χ4n) is 6.97. The quantitative estimate of drug-likeness (QED) is 0.0822. The number of ether oxygens (including phenoxy) is 1. The number of carbonyl (C=O) groups excluding carboxylic acids is 2. The Morgan fingerprint density at radius 1 is 0.820 bits per heavy atom. The number of anilines is 2. The first-order valence-electron chi connectivity index (χ1n) is 20.0. The van der Waals surface area contributed by atoms with E-state index < -0.39 is 54.6 Å².